The minimum absolute atomic E-state index is 0.0907. The molecule has 0 bridgehead atoms. The van der Waals surface area contributed by atoms with E-state index in [9.17, 15) is 9.18 Å². The number of rotatable bonds is 0. The lowest BCUT2D eigenvalue weighted by atomic mass is 10.0. The second-order valence-corrected chi connectivity index (χ2v) is 3.11. The molecule has 1 aliphatic carbocycles. The molecule has 1 nitrogen and oxygen atoms in total. The van der Waals surface area contributed by atoms with Gasteiger partial charge in [0.2, 0.25) is 0 Å². The Morgan fingerprint density at radius 2 is 2.15 bits per heavy atom. The average molecular weight is 176 g/mol. The molecule has 2 heteroatoms. The Kier molecular flexibility index (Phi) is 1.97. The van der Waals surface area contributed by atoms with Gasteiger partial charge >= 0.3 is 0 Å². The summed E-state index contributed by atoms with van der Waals surface area (Å²) in [4.78, 5) is 11.4. The van der Waals surface area contributed by atoms with Gasteiger partial charge < -0.3 is 0 Å². The molecule has 0 aromatic heterocycles. The highest BCUT2D eigenvalue weighted by molar-refractivity contribution is 6.05. The van der Waals surface area contributed by atoms with E-state index < -0.39 is 0 Å². The van der Waals surface area contributed by atoms with Crippen molar-refractivity contribution in [2.45, 2.75) is 12.8 Å². The number of fused-ring (bicyclic) bond motifs is 1. The number of hydrogen-bond acceptors (Lipinski definition) is 1. The van der Waals surface area contributed by atoms with Crippen LogP contribution >= 0.6 is 0 Å². The first-order chi connectivity index (χ1) is 6.27. The standard InChI is InChI=1S/C11H9FO/c12-9-6-5-8-3-1-2-4-11(13)10(8)7-9/h2,4-7H,1,3H2. The fraction of sp³-hybridized carbons (Fsp3) is 0.182. The summed E-state index contributed by atoms with van der Waals surface area (Å²) in [5.74, 6) is -0.436. The number of allylic oxidation sites excluding steroid dienone is 2. The normalized spacial score (nSPS) is 15.3. The zero-order valence-electron chi connectivity index (χ0n) is 7.09. The molecular weight excluding hydrogens is 167 g/mol. The molecule has 0 unspecified atom stereocenters. The molecule has 13 heavy (non-hydrogen) atoms. The molecule has 1 aromatic carbocycles. The van der Waals surface area contributed by atoms with Crippen molar-refractivity contribution in [1.29, 1.82) is 0 Å². The van der Waals surface area contributed by atoms with E-state index in [-0.39, 0.29) is 11.6 Å². The summed E-state index contributed by atoms with van der Waals surface area (Å²) >= 11 is 0. The van der Waals surface area contributed by atoms with E-state index in [2.05, 4.69) is 0 Å². The van der Waals surface area contributed by atoms with Crippen LogP contribution in [0.1, 0.15) is 22.3 Å². The Hall–Kier alpha value is -1.44. The molecule has 2 rings (SSSR count). The number of hydrogen-bond donors (Lipinski definition) is 0. The maximum atomic E-state index is 12.8. The third kappa shape index (κ3) is 1.52. The number of benzene rings is 1. The summed E-state index contributed by atoms with van der Waals surface area (Å²) in [6, 6.07) is 4.40. The molecule has 0 atom stereocenters. The van der Waals surface area contributed by atoms with Crippen LogP contribution in [0.5, 0.6) is 0 Å². The average Bonchev–Trinajstić information content (AvgIpc) is 2.29. The van der Waals surface area contributed by atoms with E-state index in [1.165, 1.54) is 18.2 Å². The van der Waals surface area contributed by atoms with Gasteiger partial charge in [-0.15, -0.1) is 0 Å². The highest BCUT2D eigenvalue weighted by Crippen LogP contribution is 2.17. The van der Waals surface area contributed by atoms with Crippen LogP contribution in [0.2, 0.25) is 0 Å². The lowest BCUT2D eigenvalue weighted by molar-refractivity contribution is 0.104. The highest BCUT2D eigenvalue weighted by atomic mass is 19.1. The van der Waals surface area contributed by atoms with Crippen molar-refractivity contribution in [3.63, 3.8) is 0 Å². The van der Waals surface area contributed by atoms with Gasteiger partial charge in [0.05, 0.1) is 0 Å². The molecule has 0 saturated carbocycles. The maximum Gasteiger partial charge on any atom is 0.185 e. The molecule has 1 aromatic rings. The summed E-state index contributed by atoms with van der Waals surface area (Å²) in [6.45, 7) is 0. The van der Waals surface area contributed by atoms with Crippen LogP contribution in [-0.2, 0) is 6.42 Å². The van der Waals surface area contributed by atoms with E-state index in [4.69, 9.17) is 0 Å². The molecule has 0 aliphatic heterocycles. The Balaban J connectivity index is 2.56. The van der Waals surface area contributed by atoms with Gasteiger partial charge in [-0.05, 0) is 36.6 Å². The summed E-state index contributed by atoms with van der Waals surface area (Å²) < 4.78 is 12.8. The van der Waals surface area contributed by atoms with Crippen molar-refractivity contribution < 1.29 is 9.18 Å². The number of carbonyl (C=O) groups excluding carboxylic acids is 1. The van der Waals surface area contributed by atoms with E-state index in [1.807, 2.05) is 6.08 Å². The Morgan fingerprint density at radius 1 is 1.31 bits per heavy atom. The molecular formula is C11H9FO. The zero-order chi connectivity index (χ0) is 9.26. The number of halogens is 1. The summed E-state index contributed by atoms with van der Waals surface area (Å²) in [7, 11) is 0. The fourth-order valence-electron chi connectivity index (χ4n) is 1.52. The first-order valence-corrected chi connectivity index (χ1v) is 4.26. The minimum Gasteiger partial charge on any atom is -0.289 e. The number of carbonyl (C=O) groups is 1. The first-order valence-electron chi connectivity index (χ1n) is 4.26. The molecule has 0 heterocycles. The predicted octanol–water partition coefficient (Wildman–Crippen LogP) is 2.51. The zero-order valence-corrected chi connectivity index (χ0v) is 7.09. The second kappa shape index (κ2) is 3.13. The summed E-state index contributed by atoms with van der Waals surface area (Å²) in [5, 5.41) is 0. The molecule has 0 spiro atoms. The molecule has 0 amide bonds. The van der Waals surface area contributed by atoms with Crippen molar-refractivity contribution in [3.8, 4) is 0 Å². The molecule has 0 N–H and O–H groups in total. The third-order valence-corrected chi connectivity index (χ3v) is 2.19. The Bertz CT molecular complexity index is 380. The van der Waals surface area contributed by atoms with Gasteiger partial charge in [0.15, 0.2) is 5.78 Å². The van der Waals surface area contributed by atoms with Crippen molar-refractivity contribution in [3.05, 3.63) is 47.3 Å². The van der Waals surface area contributed by atoms with Crippen molar-refractivity contribution in [1.82, 2.24) is 0 Å². The maximum absolute atomic E-state index is 12.8. The van der Waals surface area contributed by atoms with Crippen LogP contribution in [0.15, 0.2) is 30.4 Å². The van der Waals surface area contributed by atoms with Gasteiger partial charge in [-0.2, -0.15) is 0 Å². The second-order valence-electron chi connectivity index (χ2n) is 3.11. The molecule has 1 aliphatic rings. The van der Waals surface area contributed by atoms with Crippen molar-refractivity contribution in [2.75, 3.05) is 0 Å². The van der Waals surface area contributed by atoms with Crippen molar-refractivity contribution >= 4 is 5.78 Å². The fourth-order valence-corrected chi connectivity index (χ4v) is 1.52. The van der Waals surface area contributed by atoms with E-state index in [1.54, 1.807) is 6.07 Å². The molecule has 0 fully saturated rings. The van der Waals surface area contributed by atoms with Gasteiger partial charge in [0.25, 0.3) is 0 Å². The SMILES string of the molecule is O=C1C=CCCc2ccc(F)cc21. The Labute approximate surface area is 75.9 Å². The van der Waals surface area contributed by atoms with Crippen LogP contribution in [0.3, 0.4) is 0 Å². The van der Waals surface area contributed by atoms with Gasteiger partial charge in [-0.3, -0.25) is 4.79 Å². The molecule has 0 saturated heterocycles. The van der Waals surface area contributed by atoms with E-state index >= 15 is 0 Å². The first kappa shape index (κ1) is 8.17. The van der Waals surface area contributed by atoms with Crippen LogP contribution in [0.4, 0.5) is 4.39 Å². The van der Waals surface area contributed by atoms with Crippen LogP contribution in [0, 0.1) is 5.82 Å². The molecule has 0 radical (unpaired) electrons. The van der Waals surface area contributed by atoms with Crippen LogP contribution in [0.25, 0.3) is 0 Å². The monoisotopic (exact) mass is 176 g/mol. The summed E-state index contributed by atoms with van der Waals surface area (Å²) in [5.41, 5.74) is 1.45. The third-order valence-electron chi connectivity index (χ3n) is 2.19. The van der Waals surface area contributed by atoms with Gasteiger partial charge in [0, 0.05) is 5.56 Å². The lowest BCUT2D eigenvalue weighted by Gasteiger charge is -2.02. The smallest absolute Gasteiger partial charge is 0.185 e. The van der Waals surface area contributed by atoms with E-state index in [0.717, 1.165) is 18.4 Å². The Morgan fingerprint density at radius 3 is 3.00 bits per heavy atom. The summed E-state index contributed by atoms with van der Waals surface area (Å²) in [6.07, 6.45) is 5.02. The van der Waals surface area contributed by atoms with Gasteiger partial charge in [0.1, 0.15) is 5.82 Å². The number of ketones is 1. The lowest BCUT2D eigenvalue weighted by Crippen LogP contribution is -1.99. The topological polar surface area (TPSA) is 17.1 Å². The number of aryl methyl sites for hydroxylation is 1. The largest absolute Gasteiger partial charge is 0.289 e. The van der Waals surface area contributed by atoms with Gasteiger partial charge in [-0.25, -0.2) is 4.39 Å². The molecule has 66 valence electrons. The van der Waals surface area contributed by atoms with Crippen LogP contribution < -0.4 is 0 Å². The minimum atomic E-state index is -0.345. The van der Waals surface area contributed by atoms with Gasteiger partial charge in [-0.1, -0.05) is 12.1 Å². The predicted molar refractivity (Wildman–Crippen MR) is 48.2 cm³/mol. The quantitative estimate of drug-likeness (QED) is 0.593. The van der Waals surface area contributed by atoms with Crippen LogP contribution in [-0.4, -0.2) is 5.78 Å². The van der Waals surface area contributed by atoms with E-state index in [0.29, 0.717) is 5.56 Å². The highest BCUT2D eigenvalue weighted by Gasteiger charge is 2.11. The van der Waals surface area contributed by atoms with Crippen molar-refractivity contribution in [2.24, 2.45) is 0 Å².